The predicted octanol–water partition coefficient (Wildman–Crippen LogP) is 2.59. The van der Waals surface area contributed by atoms with Crippen LogP contribution in [0.15, 0.2) is 0 Å². The molecule has 0 amide bonds. The van der Waals surface area contributed by atoms with Gasteiger partial charge in [0, 0.05) is 20.8 Å². The van der Waals surface area contributed by atoms with Gasteiger partial charge in [0.05, 0.1) is 7.11 Å². The summed E-state index contributed by atoms with van der Waals surface area (Å²) < 4.78 is 0. The van der Waals surface area contributed by atoms with Gasteiger partial charge in [-0.2, -0.15) is 0 Å². The summed E-state index contributed by atoms with van der Waals surface area (Å²) in [6.45, 7) is 9.93. The summed E-state index contributed by atoms with van der Waals surface area (Å²) in [6.07, 6.45) is 0. The molecule has 3 N–H and O–H groups in total. The molecule has 0 aromatic carbocycles. The molecule has 0 radical (unpaired) electrons. The van der Waals surface area contributed by atoms with E-state index in [1.54, 1.807) is 6.92 Å². The van der Waals surface area contributed by atoms with Crippen molar-refractivity contribution in [3.8, 4) is 0 Å². The van der Waals surface area contributed by atoms with Crippen molar-refractivity contribution in [3.05, 3.63) is 0 Å². The molecule has 114 valence electrons. The third kappa shape index (κ3) is 296. The van der Waals surface area contributed by atoms with Gasteiger partial charge in [-0.15, -0.1) is 0 Å². The Kier molecular flexibility index (Phi) is 202. The van der Waals surface area contributed by atoms with Gasteiger partial charge in [0.15, 0.2) is 0 Å². The zero-order chi connectivity index (χ0) is 15.7. The Hall–Kier alpha value is 0.380. The summed E-state index contributed by atoms with van der Waals surface area (Å²) in [4.78, 5) is 8.11. The zero-order valence-electron chi connectivity index (χ0n) is 12.2. The number of alkyl halides is 2. The number of hydrogen-bond acceptors (Lipinski definition) is 5. The summed E-state index contributed by atoms with van der Waals surface area (Å²) in [7, 11) is 3.33. The van der Waals surface area contributed by atoms with Crippen LogP contribution in [0.4, 0.5) is 0 Å². The van der Waals surface area contributed by atoms with Crippen molar-refractivity contribution < 1.29 is 25.1 Å². The SMILES string of the molecule is CC.CC.CCO.CO.CO.COOC(Cl)Cl. The third-order valence-corrected chi connectivity index (χ3v) is 0.314. The molecule has 0 aliphatic rings. The summed E-state index contributed by atoms with van der Waals surface area (Å²) >= 11 is 9.99. The van der Waals surface area contributed by atoms with E-state index in [9.17, 15) is 0 Å². The van der Waals surface area contributed by atoms with Gasteiger partial charge in [-0.3, -0.25) is 0 Å². The van der Waals surface area contributed by atoms with Crippen molar-refractivity contribution in [2.75, 3.05) is 27.9 Å². The Labute approximate surface area is 116 Å². The van der Waals surface area contributed by atoms with Gasteiger partial charge in [-0.1, -0.05) is 50.9 Å². The van der Waals surface area contributed by atoms with E-state index in [2.05, 4.69) is 9.78 Å². The Morgan fingerprint density at radius 1 is 0.941 bits per heavy atom. The minimum absolute atomic E-state index is 0.250. The van der Waals surface area contributed by atoms with Crippen LogP contribution in [0.2, 0.25) is 0 Å². The van der Waals surface area contributed by atoms with Crippen molar-refractivity contribution >= 4 is 23.2 Å². The second kappa shape index (κ2) is 95.2. The highest BCUT2D eigenvalue weighted by molar-refractivity contribution is 6.43. The average Bonchev–Trinajstić information content (AvgIpc) is 2.40. The Morgan fingerprint density at radius 2 is 1.12 bits per heavy atom. The first-order valence-corrected chi connectivity index (χ1v) is 6.04. The van der Waals surface area contributed by atoms with Gasteiger partial charge in [0.25, 0.3) is 0 Å². The molecule has 0 heterocycles. The number of aliphatic hydroxyl groups excluding tert-OH is 3. The van der Waals surface area contributed by atoms with Crippen LogP contribution in [0.3, 0.4) is 0 Å². The number of halogens is 2. The Morgan fingerprint density at radius 3 is 1.12 bits per heavy atom. The molecule has 0 fully saturated rings. The van der Waals surface area contributed by atoms with Crippen molar-refractivity contribution in [3.63, 3.8) is 0 Å². The van der Waals surface area contributed by atoms with Crippen molar-refractivity contribution in [2.24, 2.45) is 0 Å². The molecule has 0 atom stereocenters. The average molecular weight is 301 g/mol. The standard InChI is InChI=1S/C2H4Cl2O2.C2H6O.2C2H6.2CH4O/c1-5-6-2(3)4;1-2-3;4*1-2/h2H,1H3;3H,2H2,1H3;2*1-2H3;2*2H,1H3. The van der Waals surface area contributed by atoms with Crippen LogP contribution in [0.1, 0.15) is 34.6 Å². The van der Waals surface area contributed by atoms with Crippen molar-refractivity contribution in [1.82, 2.24) is 0 Å². The molecule has 0 rings (SSSR count). The maximum Gasteiger partial charge on any atom is 0.239 e. The molecule has 0 unspecified atom stereocenters. The molecule has 0 spiro atoms. The second-order valence-corrected chi connectivity index (χ2v) is 1.86. The van der Waals surface area contributed by atoms with E-state index in [4.69, 9.17) is 38.5 Å². The van der Waals surface area contributed by atoms with Gasteiger partial charge in [-0.05, 0) is 6.92 Å². The molecular formula is C10H30Cl2O5. The molecule has 0 saturated carbocycles. The normalized spacial score (nSPS) is 6.00. The largest absolute Gasteiger partial charge is 0.400 e. The van der Waals surface area contributed by atoms with Gasteiger partial charge in [0.2, 0.25) is 5.02 Å². The van der Waals surface area contributed by atoms with Crippen LogP contribution in [0.25, 0.3) is 0 Å². The van der Waals surface area contributed by atoms with Gasteiger partial charge in [-0.25, -0.2) is 9.78 Å². The monoisotopic (exact) mass is 300 g/mol. The lowest BCUT2D eigenvalue weighted by Crippen LogP contribution is -1.92. The minimum Gasteiger partial charge on any atom is -0.400 e. The van der Waals surface area contributed by atoms with E-state index in [1.807, 2.05) is 27.7 Å². The maximum atomic E-state index is 7.57. The lowest BCUT2D eigenvalue weighted by Gasteiger charge is -1.94. The van der Waals surface area contributed by atoms with E-state index in [1.165, 1.54) is 7.11 Å². The van der Waals surface area contributed by atoms with Crippen molar-refractivity contribution in [1.29, 1.82) is 0 Å². The summed E-state index contributed by atoms with van der Waals surface area (Å²) in [5, 5.41) is 20.7. The summed E-state index contributed by atoms with van der Waals surface area (Å²) in [5.41, 5.74) is 0. The van der Waals surface area contributed by atoms with E-state index in [-0.39, 0.29) is 6.61 Å². The van der Waals surface area contributed by atoms with Crippen LogP contribution < -0.4 is 0 Å². The van der Waals surface area contributed by atoms with Crippen LogP contribution in [0, 0.1) is 0 Å². The van der Waals surface area contributed by atoms with E-state index in [0.717, 1.165) is 14.2 Å². The molecule has 5 nitrogen and oxygen atoms in total. The number of aliphatic hydroxyl groups is 3. The van der Waals surface area contributed by atoms with Crippen LogP contribution in [-0.4, -0.2) is 48.3 Å². The highest BCUT2D eigenvalue weighted by Gasteiger charge is 1.92. The molecule has 0 bridgehead atoms. The van der Waals surface area contributed by atoms with Crippen LogP contribution >= 0.6 is 23.2 Å². The van der Waals surface area contributed by atoms with Crippen LogP contribution in [0.5, 0.6) is 0 Å². The Bertz CT molecular complexity index is 51.7. The zero-order valence-corrected chi connectivity index (χ0v) is 13.7. The number of rotatable bonds is 2. The maximum absolute atomic E-state index is 7.57. The molecular weight excluding hydrogens is 271 g/mol. The summed E-state index contributed by atoms with van der Waals surface area (Å²) in [5.74, 6) is 0. The number of hydrogen-bond donors (Lipinski definition) is 3. The molecule has 7 heteroatoms. The molecule has 17 heavy (non-hydrogen) atoms. The van der Waals surface area contributed by atoms with Gasteiger partial charge in [0.1, 0.15) is 0 Å². The fourth-order valence-electron chi connectivity index (χ4n) is 0.0727. The quantitative estimate of drug-likeness (QED) is 0.415. The molecule has 0 aromatic rings. The topological polar surface area (TPSA) is 79.2 Å². The molecule has 0 aromatic heterocycles. The second-order valence-electron chi connectivity index (χ2n) is 0.840. The van der Waals surface area contributed by atoms with E-state index < -0.39 is 5.02 Å². The van der Waals surface area contributed by atoms with Crippen molar-refractivity contribution in [2.45, 2.75) is 39.6 Å². The third-order valence-electron chi connectivity index (χ3n) is 0.169. The fourth-order valence-corrected chi connectivity index (χ4v) is 0.218. The molecule has 0 saturated heterocycles. The summed E-state index contributed by atoms with van der Waals surface area (Å²) in [6, 6.07) is 0. The lowest BCUT2D eigenvalue weighted by atomic mass is 10.9. The predicted molar refractivity (Wildman–Crippen MR) is 75.3 cm³/mol. The smallest absolute Gasteiger partial charge is 0.239 e. The first kappa shape index (κ1) is 36.0. The van der Waals surface area contributed by atoms with E-state index in [0.29, 0.717) is 0 Å². The first-order chi connectivity index (χ1) is 8.18. The van der Waals surface area contributed by atoms with Gasteiger partial charge < -0.3 is 15.3 Å². The Balaban J connectivity index is -0.0000000238. The first-order valence-electron chi connectivity index (χ1n) is 5.16. The van der Waals surface area contributed by atoms with E-state index >= 15 is 0 Å². The highest BCUT2D eigenvalue weighted by Crippen LogP contribution is 2.01. The van der Waals surface area contributed by atoms with Gasteiger partial charge >= 0.3 is 0 Å². The minimum atomic E-state index is -0.880. The highest BCUT2D eigenvalue weighted by atomic mass is 35.5. The molecule has 0 aliphatic heterocycles. The molecule has 0 aliphatic carbocycles. The fraction of sp³-hybridized carbons (Fsp3) is 1.00. The lowest BCUT2D eigenvalue weighted by molar-refractivity contribution is -0.267. The van der Waals surface area contributed by atoms with Crippen LogP contribution in [-0.2, 0) is 9.78 Å².